The summed E-state index contributed by atoms with van der Waals surface area (Å²) in [5.41, 5.74) is 5.75. The van der Waals surface area contributed by atoms with Gasteiger partial charge >= 0.3 is 0 Å². The van der Waals surface area contributed by atoms with E-state index < -0.39 is 0 Å². The molecular formula is C9H16N4S. The normalized spacial score (nSPS) is 19.7. The van der Waals surface area contributed by atoms with Crippen molar-refractivity contribution in [3.8, 4) is 0 Å². The molecule has 0 aliphatic carbocycles. The molecule has 5 heteroatoms. The van der Waals surface area contributed by atoms with E-state index in [1.54, 1.807) is 11.3 Å². The molecule has 1 atom stereocenters. The van der Waals surface area contributed by atoms with Gasteiger partial charge in [-0.25, -0.2) is 0 Å². The second-order valence-electron chi connectivity index (χ2n) is 3.76. The standard InChI is InChI=1S/C9H16N4S/c1-7(10)8-11-12-9(14-8)13-5-3-2-4-6-13/h7H,2-6,10H2,1H3. The van der Waals surface area contributed by atoms with Gasteiger partial charge in [0.2, 0.25) is 5.13 Å². The predicted molar refractivity (Wildman–Crippen MR) is 58.6 cm³/mol. The van der Waals surface area contributed by atoms with Crippen LogP contribution in [-0.4, -0.2) is 23.3 Å². The molecule has 1 aliphatic rings. The van der Waals surface area contributed by atoms with E-state index in [1.807, 2.05) is 6.92 Å². The predicted octanol–water partition coefficient (Wildman–Crippen LogP) is 1.55. The third-order valence-electron chi connectivity index (χ3n) is 2.45. The molecule has 0 amide bonds. The minimum absolute atomic E-state index is 0.00559. The first-order valence-electron chi connectivity index (χ1n) is 5.11. The van der Waals surface area contributed by atoms with Gasteiger partial charge in [-0.05, 0) is 26.2 Å². The van der Waals surface area contributed by atoms with Crippen molar-refractivity contribution in [2.75, 3.05) is 18.0 Å². The molecular weight excluding hydrogens is 196 g/mol. The average Bonchev–Trinajstić information content (AvgIpc) is 2.68. The van der Waals surface area contributed by atoms with Crippen LogP contribution in [0.25, 0.3) is 0 Å². The molecule has 4 nitrogen and oxygen atoms in total. The molecule has 1 unspecified atom stereocenters. The maximum atomic E-state index is 5.75. The zero-order valence-corrected chi connectivity index (χ0v) is 9.26. The summed E-state index contributed by atoms with van der Waals surface area (Å²) in [6.45, 7) is 4.18. The molecule has 78 valence electrons. The minimum atomic E-state index is 0.00559. The van der Waals surface area contributed by atoms with Crippen LogP contribution in [0.15, 0.2) is 0 Å². The minimum Gasteiger partial charge on any atom is -0.347 e. The number of hydrogen-bond donors (Lipinski definition) is 1. The van der Waals surface area contributed by atoms with E-state index in [2.05, 4.69) is 15.1 Å². The summed E-state index contributed by atoms with van der Waals surface area (Å²) in [5, 5.41) is 10.2. The fourth-order valence-corrected chi connectivity index (χ4v) is 2.47. The van der Waals surface area contributed by atoms with Gasteiger partial charge in [-0.15, -0.1) is 10.2 Å². The van der Waals surface area contributed by atoms with E-state index in [9.17, 15) is 0 Å². The van der Waals surface area contributed by atoms with Gasteiger partial charge in [-0.2, -0.15) is 0 Å². The zero-order chi connectivity index (χ0) is 9.97. The van der Waals surface area contributed by atoms with Crippen LogP contribution in [0, 0.1) is 0 Å². The highest BCUT2D eigenvalue weighted by Gasteiger charge is 2.16. The van der Waals surface area contributed by atoms with E-state index in [0.29, 0.717) is 0 Å². The third-order valence-corrected chi connectivity index (χ3v) is 3.63. The van der Waals surface area contributed by atoms with Gasteiger partial charge in [-0.3, -0.25) is 0 Å². The fourth-order valence-electron chi connectivity index (χ4n) is 1.62. The maximum absolute atomic E-state index is 5.75. The van der Waals surface area contributed by atoms with Crippen molar-refractivity contribution in [2.24, 2.45) is 5.73 Å². The molecule has 0 aromatic carbocycles. The highest BCUT2D eigenvalue weighted by molar-refractivity contribution is 7.15. The Morgan fingerprint density at radius 1 is 1.29 bits per heavy atom. The Labute approximate surface area is 88.1 Å². The highest BCUT2D eigenvalue weighted by atomic mass is 32.1. The van der Waals surface area contributed by atoms with Gasteiger partial charge < -0.3 is 10.6 Å². The summed E-state index contributed by atoms with van der Waals surface area (Å²) < 4.78 is 0. The lowest BCUT2D eigenvalue weighted by Crippen LogP contribution is -2.29. The highest BCUT2D eigenvalue weighted by Crippen LogP contribution is 2.25. The van der Waals surface area contributed by atoms with Gasteiger partial charge in [-0.1, -0.05) is 11.3 Å². The van der Waals surface area contributed by atoms with Crippen molar-refractivity contribution in [1.29, 1.82) is 0 Å². The quantitative estimate of drug-likeness (QED) is 0.808. The molecule has 0 saturated carbocycles. The molecule has 14 heavy (non-hydrogen) atoms. The van der Waals surface area contributed by atoms with Crippen LogP contribution in [0.1, 0.15) is 37.2 Å². The van der Waals surface area contributed by atoms with Gasteiger partial charge in [0.15, 0.2) is 0 Å². The SMILES string of the molecule is CC(N)c1nnc(N2CCCCC2)s1. The summed E-state index contributed by atoms with van der Waals surface area (Å²) in [7, 11) is 0. The van der Waals surface area contributed by atoms with Gasteiger partial charge in [0.05, 0.1) is 6.04 Å². The molecule has 1 saturated heterocycles. The first-order chi connectivity index (χ1) is 6.77. The van der Waals surface area contributed by atoms with E-state index in [-0.39, 0.29) is 6.04 Å². The lowest BCUT2D eigenvalue weighted by molar-refractivity contribution is 0.575. The Bertz CT molecular complexity index is 291. The fraction of sp³-hybridized carbons (Fsp3) is 0.778. The maximum Gasteiger partial charge on any atom is 0.208 e. The Balaban J connectivity index is 2.07. The van der Waals surface area contributed by atoms with Gasteiger partial charge in [0, 0.05) is 13.1 Å². The van der Waals surface area contributed by atoms with Gasteiger partial charge in [0.25, 0.3) is 0 Å². The molecule has 0 radical (unpaired) electrons. The molecule has 2 N–H and O–H groups in total. The van der Waals surface area contributed by atoms with Crippen molar-refractivity contribution in [3.63, 3.8) is 0 Å². The number of aromatic nitrogens is 2. The number of rotatable bonds is 2. The number of piperidine rings is 1. The monoisotopic (exact) mass is 212 g/mol. The average molecular weight is 212 g/mol. The van der Waals surface area contributed by atoms with Crippen molar-refractivity contribution in [2.45, 2.75) is 32.2 Å². The molecule has 0 bridgehead atoms. The summed E-state index contributed by atoms with van der Waals surface area (Å²) in [4.78, 5) is 2.31. The Morgan fingerprint density at radius 3 is 2.57 bits per heavy atom. The second-order valence-corrected chi connectivity index (χ2v) is 4.75. The lowest BCUT2D eigenvalue weighted by Gasteiger charge is -2.25. The number of nitrogens with two attached hydrogens (primary N) is 1. The van der Waals surface area contributed by atoms with Gasteiger partial charge in [0.1, 0.15) is 5.01 Å². The molecule has 0 spiro atoms. The second kappa shape index (κ2) is 4.23. The smallest absolute Gasteiger partial charge is 0.208 e. The molecule has 2 rings (SSSR count). The molecule has 1 aliphatic heterocycles. The Hall–Kier alpha value is -0.680. The van der Waals surface area contributed by atoms with E-state index in [4.69, 9.17) is 5.73 Å². The number of hydrogen-bond acceptors (Lipinski definition) is 5. The lowest BCUT2D eigenvalue weighted by atomic mass is 10.1. The molecule has 1 aromatic rings. The zero-order valence-electron chi connectivity index (χ0n) is 8.44. The first kappa shape index (κ1) is 9.86. The van der Waals surface area contributed by atoms with Crippen LogP contribution >= 0.6 is 11.3 Å². The van der Waals surface area contributed by atoms with Crippen LogP contribution in [0.2, 0.25) is 0 Å². The van der Waals surface area contributed by atoms with Crippen molar-refractivity contribution in [3.05, 3.63) is 5.01 Å². The number of anilines is 1. The molecule has 1 aromatic heterocycles. The summed E-state index contributed by atoms with van der Waals surface area (Å²) in [6.07, 6.45) is 3.88. The summed E-state index contributed by atoms with van der Waals surface area (Å²) in [6, 6.07) is 0.00559. The van der Waals surface area contributed by atoms with Crippen LogP contribution in [0.5, 0.6) is 0 Å². The third kappa shape index (κ3) is 2.04. The molecule has 2 heterocycles. The Morgan fingerprint density at radius 2 is 2.00 bits per heavy atom. The van der Waals surface area contributed by atoms with Crippen LogP contribution in [0.4, 0.5) is 5.13 Å². The van der Waals surface area contributed by atoms with Crippen LogP contribution in [-0.2, 0) is 0 Å². The summed E-state index contributed by atoms with van der Waals surface area (Å²) in [5.74, 6) is 0. The first-order valence-corrected chi connectivity index (χ1v) is 5.93. The van der Waals surface area contributed by atoms with E-state index >= 15 is 0 Å². The topological polar surface area (TPSA) is 55.0 Å². The summed E-state index contributed by atoms with van der Waals surface area (Å²) >= 11 is 1.63. The van der Waals surface area contributed by atoms with Crippen molar-refractivity contribution in [1.82, 2.24) is 10.2 Å². The van der Waals surface area contributed by atoms with Crippen LogP contribution < -0.4 is 10.6 Å². The van der Waals surface area contributed by atoms with E-state index in [0.717, 1.165) is 23.2 Å². The molecule has 1 fully saturated rings. The Kier molecular flexibility index (Phi) is 2.98. The van der Waals surface area contributed by atoms with E-state index in [1.165, 1.54) is 19.3 Å². The largest absolute Gasteiger partial charge is 0.347 e. The van der Waals surface area contributed by atoms with Crippen molar-refractivity contribution >= 4 is 16.5 Å². The number of nitrogens with zero attached hydrogens (tertiary/aromatic N) is 3. The van der Waals surface area contributed by atoms with Crippen LogP contribution in [0.3, 0.4) is 0 Å². The van der Waals surface area contributed by atoms with Crippen molar-refractivity contribution < 1.29 is 0 Å².